The number of nitrogens with one attached hydrogen (secondary N) is 1. The Hall–Kier alpha value is -0.870. The smallest absolute Gasteiger partial charge is 0.226 e. The molecular formula is C10H18N2O2. The van der Waals surface area contributed by atoms with E-state index < -0.39 is 0 Å². The van der Waals surface area contributed by atoms with Crippen LogP contribution in [-0.2, 0) is 9.53 Å². The third-order valence-electron chi connectivity index (χ3n) is 2.28. The van der Waals surface area contributed by atoms with Crippen LogP contribution in [0.2, 0.25) is 0 Å². The molecule has 0 saturated heterocycles. The van der Waals surface area contributed by atoms with E-state index in [4.69, 9.17) is 10.5 Å². The zero-order valence-corrected chi connectivity index (χ0v) is 8.53. The third-order valence-corrected chi connectivity index (χ3v) is 2.28. The molecule has 2 atom stereocenters. The van der Waals surface area contributed by atoms with Gasteiger partial charge in [-0.25, -0.2) is 0 Å². The molecule has 1 aliphatic rings. The standard InChI is InChI=1S/C10H18N2O2/c1-14-6-2-5-12-10(13)8-3-4-9(11)7-8/h3-4,8-9H,2,5-7,11H2,1H3,(H,12,13). The van der Waals surface area contributed by atoms with Gasteiger partial charge in [0.2, 0.25) is 5.91 Å². The van der Waals surface area contributed by atoms with Gasteiger partial charge < -0.3 is 15.8 Å². The van der Waals surface area contributed by atoms with E-state index in [1.165, 1.54) is 0 Å². The summed E-state index contributed by atoms with van der Waals surface area (Å²) in [6.07, 6.45) is 5.36. The van der Waals surface area contributed by atoms with E-state index >= 15 is 0 Å². The van der Waals surface area contributed by atoms with Gasteiger partial charge in [0, 0.05) is 26.3 Å². The highest BCUT2D eigenvalue weighted by molar-refractivity contribution is 5.81. The summed E-state index contributed by atoms with van der Waals surface area (Å²) in [5, 5.41) is 2.85. The van der Waals surface area contributed by atoms with Crippen LogP contribution in [0.25, 0.3) is 0 Å². The molecular weight excluding hydrogens is 180 g/mol. The van der Waals surface area contributed by atoms with Crippen LogP contribution in [0.15, 0.2) is 12.2 Å². The summed E-state index contributed by atoms with van der Waals surface area (Å²) in [5.74, 6) is 0.0397. The lowest BCUT2D eigenvalue weighted by Crippen LogP contribution is -2.31. The predicted octanol–water partition coefficient (Wildman–Crippen LogP) is 0.0425. The van der Waals surface area contributed by atoms with Crippen LogP contribution in [-0.4, -0.2) is 32.2 Å². The van der Waals surface area contributed by atoms with Crippen LogP contribution in [0, 0.1) is 5.92 Å². The van der Waals surface area contributed by atoms with Gasteiger partial charge in [-0.15, -0.1) is 0 Å². The monoisotopic (exact) mass is 198 g/mol. The first-order chi connectivity index (χ1) is 6.74. The van der Waals surface area contributed by atoms with Gasteiger partial charge in [-0.05, 0) is 12.8 Å². The van der Waals surface area contributed by atoms with Crippen LogP contribution in [0.4, 0.5) is 0 Å². The summed E-state index contributed by atoms with van der Waals surface area (Å²) in [5.41, 5.74) is 5.65. The maximum atomic E-state index is 11.5. The van der Waals surface area contributed by atoms with Crippen molar-refractivity contribution in [2.45, 2.75) is 18.9 Å². The summed E-state index contributed by atoms with van der Waals surface area (Å²) in [6, 6.07) is 0.0460. The Balaban J connectivity index is 2.13. The second-order valence-electron chi connectivity index (χ2n) is 3.53. The van der Waals surface area contributed by atoms with E-state index in [1.807, 2.05) is 12.2 Å². The molecule has 3 N–H and O–H groups in total. The van der Waals surface area contributed by atoms with Crippen LogP contribution in [0.3, 0.4) is 0 Å². The number of carbonyl (C=O) groups excluding carboxylic acids is 1. The van der Waals surface area contributed by atoms with Gasteiger partial charge in [0.15, 0.2) is 0 Å². The number of methoxy groups -OCH3 is 1. The van der Waals surface area contributed by atoms with Crippen LogP contribution in [0.5, 0.6) is 0 Å². The molecule has 0 spiro atoms. The quantitative estimate of drug-likeness (QED) is 0.484. The number of ether oxygens (including phenoxy) is 1. The molecule has 0 aromatic carbocycles. The second kappa shape index (κ2) is 5.78. The highest BCUT2D eigenvalue weighted by Gasteiger charge is 2.21. The molecule has 80 valence electrons. The fourth-order valence-electron chi connectivity index (χ4n) is 1.48. The fraction of sp³-hybridized carbons (Fsp3) is 0.700. The maximum absolute atomic E-state index is 11.5. The van der Waals surface area contributed by atoms with Crippen LogP contribution >= 0.6 is 0 Å². The average Bonchev–Trinajstić information content (AvgIpc) is 2.59. The summed E-state index contributed by atoms with van der Waals surface area (Å²) in [6.45, 7) is 1.35. The van der Waals surface area contributed by atoms with Crippen molar-refractivity contribution in [1.82, 2.24) is 5.32 Å². The van der Waals surface area contributed by atoms with Crippen molar-refractivity contribution in [3.8, 4) is 0 Å². The lowest BCUT2D eigenvalue weighted by atomic mass is 10.1. The molecule has 1 rings (SSSR count). The highest BCUT2D eigenvalue weighted by atomic mass is 16.5. The number of nitrogens with two attached hydrogens (primary N) is 1. The van der Waals surface area contributed by atoms with Gasteiger partial charge in [0.25, 0.3) is 0 Å². The van der Waals surface area contributed by atoms with E-state index in [0.717, 1.165) is 12.8 Å². The van der Waals surface area contributed by atoms with Crippen molar-refractivity contribution in [2.75, 3.05) is 20.3 Å². The van der Waals surface area contributed by atoms with E-state index in [-0.39, 0.29) is 17.9 Å². The number of hydrogen-bond acceptors (Lipinski definition) is 3. The third kappa shape index (κ3) is 3.47. The normalized spacial score (nSPS) is 25.3. The predicted molar refractivity (Wildman–Crippen MR) is 54.7 cm³/mol. The van der Waals surface area contributed by atoms with E-state index in [2.05, 4.69) is 5.32 Å². The first kappa shape index (κ1) is 11.2. The average molecular weight is 198 g/mol. The Morgan fingerprint density at radius 2 is 2.43 bits per heavy atom. The number of rotatable bonds is 5. The van der Waals surface area contributed by atoms with E-state index in [1.54, 1.807) is 7.11 Å². The van der Waals surface area contributed by atoms with Gasteiger partial charge >= 0.3 is 0 Å². The molecule has 0 bridgehead atoms. The molecule has 0 fully saturated rings. The van der Waals surface area contributed by atoms with Gasteiger partial charge in [0.05, 0.1) is 5.92 Å². The number of carbonyl (C=O) groups is 1. The minimum absolute atomic E-state index is 0.0347. The molecule has 0 radical (unpaired) electrons. The van der Waals surface area contributed by atoms with Crippen molar-refractivity contribution in [2.24, 2.45) is 11.7 Å². The molecule has 0 heterocycles. The van der Waals surface area contributed by atoms with Gasteiger partial charge in [-0.2, -0.15) is 0 Å². The lowest BCUT2D eigenvalue weighted by molar-refractivity contribution is -0.123. The molecule has 14 heavy (non-hydrogen) atoms. The Kier molecular flexibility index (Phi) is 4.62. The summed E-state index contributed by atoms with van der Waals surface area (Å²) in [4.78, 5) is 11.5. The van der Waals surface area contributed by atoms with Crippen LogP contribution < -0.4 is 11.1 Å². The molecule has 0 aromatic rings. The molecule has 0 saturated carbocycles. The minimum Gasteiger partial charge on any atom is -0.385 e. The first-order valence-electron chi connectivity index (χ1n) is 4.94. The fourth-order valence-corrected chi connectivity index (χ4v) is 1.48. The SMILES string of the molecule is COCCCNC(=O)C1C=CC(N)C1. The van der Waals surface area contributed by atoms with Crippen molar-refractivity contribution in [3.05, 3.63) is 12.2 Å². The summed E-state index contributed by atoms with van der Waals surface area (Å²) in [7, 11) is 1.65. The minimum atomic E-state index is -0.0347. The lowest BCUT2D eigenvalue weighted by Gasteiger charge is -2.09. The van der Waals surface area contributed by atoms with Crippen molar-refractivity contribution >= 4 is 5.91 Å². The first-order valence-corrected chi connectivity index (χ1v) is 4.94. The largest absolute Gasteiger partial charge is 0.385 e. The summed E-state index contributed by atoms with van der Waals surface area (Å²) < 4.78 is 4.88. The molecule has 2 unspecified atom stereocenters. The Morgan fingerprint density at radius 1 is 1.64 bits per heavy atom. The van der Waals surface area contributed by atoms with Crippen molar-refractivity contribution < 1.29 is 9.53 Å². The molecule has 1 aliphatic carbocycles. The van der Waals surface area contributed by atoms with Gasteiger partial charge in [-0.3, -0.25) is 4.79 Å². The number of hydrogen-bond donors (Lipinski definition) is 2. The Morgan fingerprint density at radius 3 is 3.00 bits per heavy atom. The Bertz CT molecular complexity index is 216. The van der Waals surface area contributed by atoms with Gasteiger partial charge in [-0.1, -0.05) is 12.2 Å². The molecule has 0 aromatic heterocycles. The maximum Gasteiger partial charge on any atom is 0.226 e. The highest BCUT2D eigenvalue weighted by Crippen LogP contribution is 2.15. The zero-order chi connectivity index (χ0) is 10.4. The molecule has 1 amide bonds. The second-order valence-corrected chi connectivity index (χ2v) is 3.53. The molecule has 4 nitrogen and oxygen atoms in total. The molecule has 4 heteroatoms. The van der Waals surface area contributed by atoms with Crippen molar-refractivity contribution in [3.63, 3.8) is 0 Å². The van der Waals surface area contributed by atoms with Gasteiger partial charge in [0.1, 0.15) is 0 Å². The Labute approximate surface area is 84.5 Å². The van der Waals surface area contributed by atoms with Crippen molar-refractivity contribution in [1.29, 1.82) is 0 Å². The summed E-state index contributed by atoms with van der Waals surface area (Å²) >= 11 is 0. The number of amides is 1. The molecule has 0 aliphatic heterocycles. The topological polar surface area (TPSA) is 64.3 Å². The van der Waals surface area contributed by atoms with E-state index in [0.29, 0.717) is 13.2 Å². The zero-order valence-electron chi connectivity index (χ0n) is 8.53. The van der Waals surface area contributed by atoms with Crippen LogP contribution in [0.1, 0.15) is 12.8 Å². The van der Waals surface area contributed by atoms with E-state index in [9.17, 15) is 4.79 Å².